The number of rotatable bonds is 8. The molecule has 0 radical (unpaired) electrons. The van der Waals surface area contributed by atoms with Gasteiger partial charge in [0.2, 0.25) is 5.91 Å². The first kappa shape index (κ1) is 18.6. The van der Waals surface area contributed by atoms with Crippen LogP contribution < -0.4 is 14.8 Å². The number of thiazole rings is 1. The molecule has 1 N–H and O–H groups in total. The van der Waals surface area contributed by atoms with E-state index in [4.69, 9.17) is 9.47 Å². The number of nitrogens with zero attached hydrogens (tertiary/aromatic N) is 2. The Kier molecular flexibility index (Phi) is 5.82. The highest BCUT2D eigenvalue weighted by Crippen LogP contribution is 2.29. The van der Waals surface area contributed by atoms with E-state index in [-0.39, 0.29) is 18.0 Å². The van der Waals surface area contributed by atoms with Crippen LogP contribution in [0.15, 0.2) is 42.5 Å². The Morgan fingerprint density at radius 2 is 1.96 bits per heavy atom. The van der Waals surface area contributed by atoms with Crippen molar-refractivity contribution >= 4 is 38.3 Å². The number of nitro groups is 1. The molecule has 0 bridgehead atoms. The van der Waals surface area contributed by atoms with Gasteiger partial charge in [0.1, 0.15) is 11.5 Å². The van der Waals surface area contributed by atoms with Gasteiger partial charge >= 0.3 is 0 Å². The van der Waals surface area contributed by atoms with Gasteiger partial charge in [-0.3, -0.25) is 14.9 Å². The molecule has 3 rings (SSSR count). The van der Waals surface area contributed by atoms with Gasteiger partial charge < -0.3 is 14.8 Å². The van der Waals surface area contributed by atoms with Crippen LogP contribution in [0, 0.1) is 10.1 Å². The Morgan fingerprint density at radius 1 is 1.22 bits per heavy atom. The lowest BCUT2D eigenvalue weighted by Gasteiger charge is -2.07. The third-order valence-electron chi connectivity index (χ3n) is 3.71. The van der Waals surface area contributed by atoms with Crippen LogP contribution in [0.3, 0.4) is 0 Å². The van der Waals surface area contributed by atoms with E-state index in [0.29, 0.717) is 34.1 Å². The Morgan fingerprint density at radius 3 is 2.67 bits per heavy atom. The number of benzene rings is 2. The van der Waals surface area contributed by atoms with Crippen LogP contribution in [0.5, 0.6) is 11.5 Å². The Labute approximate surface area is 158 Å². The molecule has 0 aliphatic rings. The summed E-state index contributed by atoms with van der Waals surface area (Å²) in [6, 6.07) is 11.6. The summed E-state index contributed by atoms with van der Waals surface area (Å²) in [5.74, 6) is 1.29. The quantitative estimate of drug-likeness (QED) is 0.356. The highest BCUT2D eigenvalue weighted by Gasteiger charge is 2.12. The fourth-order valence-electron chi connectivity index (χ4n) is 2.36. The molecular formula is C18H17N3O5S. The van der Waals surface area contributed by atoms with E-state index in [9.17, 15) is 14.9 Å². The third kappa shape index (κ3) is 4.91. The third-order valence-corrected chi connectivity index (χ3v) is 4.64. The molecule has 0 saturated heterocycles. The molecule has 0 unspecified atom stereocenters. The van der Waals surface area contributed by atoms with Gasteiger partial charge in [0.25, 0.3) is 5.69 Å². The van der Waals surface area contributed by atoms with Crippen molar-refractivity contribution in [3.8, 4) is 11.5 Å². The number of anilines is 1. The second-order valence-corrected chi connectivity index (χ2v) is 6.63. The number of hydrogen-bond acceptors (Lipinski definition) is 7. The van der Waals surface area contributed by atoms with Crippen molar-refractivity contribution in [2.75, 3.05) is 19.0 Å². The molecule has 9 heteroatoms. The van der Waals surface area contributed by atoms with Crippen molar-refractivity contribution in [1.82, 2.24) is 4.98 Å². The lowest BCUT2D eigenvalue weighted by Crippen LogP contribution is -2.12. The van der Waals surface area contributed by atoms with Crippen LogP contribution in [0.2, 0.25) is 0 Å². The van der Waals surface area contributed by atoms with Crippen molar-refractivity contribution in [2.45, 2.75) is 12.8 Å². The lowest BCUT2D eigenvalue weighted by molar-refractivity contribution is -0.384. The first-order valence-electron chi connectivity index (χ1n) is 8.17. The van der Waals surface area contributed by atoms with E-state index in [0.717, 1.165) is 5.75 Å². The maximum atomic E-state index is 12.0. The molecule has 0 atom stereocenters. The van der Waals surface area contributed by atoms with Crippen LogP contribution in [0.1, 0.15) is 12.8 Å². The predicted molar refractivity (Wildman–Crippen MR) is 103 cm³/mol. The molecule has 0 aliphatic carbocycles. The number of nitrogens with one attached hydrogen (secondary N) is 1. The summed E-state index contributed by atoms with van der Waals surface area (Å²) in [7, 11) is 1.60. The summed E-state index contributed by atoms with van der Waals surface area (Å²) < 4.78 is 11.3. The number of hydrogen-bond donors (Lipinski definition) is 1. The van der Waals surface area contributed by atoms with Crippen LogP contribution in [-0.2, 0) is 4.79 Å². The number of fused-ring (bicyclic) bond motifs is 1. The molecule has 0 fully saturated rings. The van der Waals surface area contributed by atoms with E-state index in [2.05, 4.69) is 10.3 Å². The molecular weight excluding hydrogens is 370 g/mol. The molecule has 1 aromatic heterocycles. The Balaban J connectivity index is 1.47. The van der Waals surface area contributed by atoms with Gasteiger partial charge in [-0.1, -0.05) is 11.3 Å². The number of carbonyl (C=O) groups excluding carboxylic acids is 1. The fourth-order valence-corrected chi connectivity index (χ4v) is 3.27. The van der Waals surface area contributed by atoms with Crippen LogP contribution >= 0.6 is 11.3 Å². The second kappa shape index (κ2) is 8.45. The molecule has 140 valence electrons. The van der Waals surface area contributed by atoms with E-state index in [1.165, 1.54) is 23.5 Å². The molecule has 8 nitrogen and oxygen atoms in total. The number of carbonyl (C=O) groups is 1. The minimum Gasteiger partial charge on any atom is -0.497 e. The normalized spacial score (nSPS) is 10.6. The second-order valence-electron chi connectivity index (χ2n) is 5.60. The van der Waals surface area contributed by atoms with Gasteiger partial charge in [-0.25, -0.2) is 4.98 Å². The summed E-state index contributed by atoms with van der Waals surface area (Å²) in [5, 5.41) is 14.0. The highest BCUT2D eigenvalue weighted by molar-refractivity contribution is 7.22. The fraction of sp³-hybridized carbons (Fsp3) is 0.222. The summed E-state index contributed by atoms with van der Waals surface area (Å²) in [4.78, 5) is 26.7. The summed E-state index contributed by atoms with van der Waals surface area (Å²) in [6.45, 7) is 0.409. The first-order chi connectivity index (χ1) is 13.0. The summed E-state index contributed by atoms with van der Waals surface area (Å²) in [6.07, 6.45) is 0.834. The van der Waals surface area contributed by atoms with Crippen molar-refractivity contribution in [1.29, 1.82) is 0 Å². The molecule has 1 heterocycles. The molecule has 27 heavy (non-hydrogen) atoms. The maximum absolute atomic E-state index is 12.0. The number of non-ortho nitro benzene ring substituents is 1. The molecule has 3 aromatic rings. The van der Waals surface area contributed by atoms with Crippen molar-refractivity contribution in [2.24, 2.45) is 0 Å². The smallest absolute Gasteiger partial charge is 0.270 e. The van der Waals surface area contributed by atoms with Crippen LogP contribution in [0.25, 0.3) is 10.2 Å². The molecule has 0 spiro atoms. The van der Waals surface area contributed by atoms with E-state index in [1.807, 2.05) is 0 Å². The summed E-state index contributed by atoms with van der Waals surface area (Å²) >= 11 is 1.21. The number of methoxy groups -OCH3 is 1. The van der Waals surface area contributed by atoms with Crippen molar-refractivity contribution in [3.05, 3.63) is 52.6 Å². The maximum Gasteiger partial charge on any atom is 0.270 e. The van der Waals surface area contributed by atoms with Gasteiger partial charge in [0.05, 0.1) is 28.9 Å². The van der Waals surface area contributed by atoms with Gasteiger partial charge in [0.15, 0.2) is 5.13 Å². The number of aromatic nitrogens is 1. The molecule has 0 saturated carbocycles. The number of amides is 1. The SMILES string of the molecule is COc1ccc(OCCCC(=O)Nc2nc3ccc([N+](=O)[O-])cc3s2)cc1. The predicted octanol–water partition coefficient (Wildman–Crippen LogP) is 4.01. The lowest BCUT2D eigenvalue weighted by atomic mass is 10.3. The Hall–Kier alpha value is -3.20. The Bertz CT molecular complexity index is 955. The average molecular weight is 387 g/mol. The number of ether oxygens (including phenoxy) is 2. The minimum atomic E-state index is -0.458. The zero-order valence-electron chi connectivity index (χ0n) is 14.5. The molecule has 1 amide bonds. The van der Waals surface area contributed by atoms with Crippen molar-refractivity contribution < 1.29 is 19.2 Å². The number of nitro benzene ring substituents is 1. The average Bonchev–Trinajstić information content (AvgIpc) is 3.06. The van der Waals surface area contributed by atoms with Crippen LogP contribution in [0.4, 0.5) is 10.8 Å². The zero-order valence-corrected chi connectivity index (χ0v) is 15.3. The van der Waals surface area contributed by atoms with Crippen molar-refractivity contribution in [3.63, 3.8) is 0 Å². The van der Waals surface area contributed by atoms with Crippen LogP contribution in [-0.4, -0.2) is 29.5 Å². The largest absolute Gasteiger partial charge is 0.497 e. The van der Waals surface area contributed by atoms with Gasteiger partial charge in [0, 0.05) is 18.6 Å². The molecule has 2 aromatic carbocycles. The van der Waals surface area contributed by atoms with Gasteiger partial charge in [-0.2, -0.15) is 0 Å². The zero-order chi connectivity index (χ0) is 19.2. The standard InChI is InChI=1S/C18H17N3O5S/c1-25-13-5-7-14(8-6-13)26-10-2-3-17(22)20-18-19-15-9-4-12(21(23)24)11-16(15)27-18/h4-9,11H,2-3,10H2,1H3,(H,19,20,22). The highest BCUT2D eigenvalue weighted by atomic mass is 32.1. The topological polar surface area (TPSA) is 104 Å². The van der Waals surface area contributed by atoms with Gasteiger partial charge in [-0.05, 0) is 36.8 Å². The van der Waals surface area contributed by atoms with E-state index >= 15 is 0 Å². The summed E-state index contributed by atoms with van der Waals surface area (Å²) in [5.41, 5.74) is 0.614. The van der Waals surface area contributed by atoms with E-state index < -0.39 is 4.92 Å². The minimum absolute atomic E-state index is 0.000271. The van der Waals surface area contributed by atoms with E-state index in [1.54, 1.807) is 37.4 Å². The first-order valence-corrected chi connectivity index (χ1v) is 8.98. The van der Waals surface area contributed by atoms with Gasteiger partial charge in [-0.15, -0.1) is 0 Å². The molecule has 0 aliphatic heterocycles. The monoisotopic (exact) mass is 387 g/mol.